The van der Waals surface area contributed by atoms with Gasteiger partial charge < -0.3 is 5.32 Å². The van der Waals surface area contributed by atoms with Gasteiger partial charge in [0.15, 0.2) is 0 Å². The average molecular weight is 367 g/mol. The zero-order valence-electron chi connectivity index (χ0n) is 15.8. The summed E-state index contributed by atoms with van der Waals surface area (Å²) >= 11 is 0. The highest BCUT2D eigenvalue weighted by Gasteiger charge is 2.26. The van der Waals surface area contributed by atoms with Crippen LogP contribution in [0.1, 0.15) is 69.3 Å². The van der Waals surface area contributed by atoms with E-state index in [1.807, 2.05) is 6.92 Å². The molecule has 0 aromatic heterocycles. The molecule has 0 bridgehead atoms. The lowest BCUT2D eigenvalue weighted by Gasteiger charge is -2.29. The molecular weight excluding hydrogens is 336 g/mol. The number of carbonyl (C=O) groups is 1. The van der Waals surface area contributed by atoms with Gasteiger partial charge in [-0.1, -0.05) is 25.8 Å². The van der Waals surface area contributed by atoms with E-state index in [9.17, 15) is 13.2 Å². The quantitative estimate of drug-likeness (QED) is 0.858. The third kappa shape index (κ3) is 5.28. The van der Waals surface area contributed by atoms with Crippen molar-refractivity contribution in [2.45, 2.75) is 76.8 Å². The molecular formula is C19H30N2O3S. The third-order valence-electron chi connectivity index (χ3n) is 4.63. The van der Waals surface area contributed by atoms with E-state index in [0.717, 1.165) is 24.8 Å². The summed E-state index contributed by atoms with van der Waals surface area (Å²) in [6, 6.07) is 4.88. The number of aryl methyl sites for hydroxylation is 1. The molecule has 2 N–H and O–H groups in total. The Morgan fingerprint density at radius 3 is 2.40 bits per heavy atom. The van der Waals surface area contributed by atoms with Gasteiger partial charge in [-0.05, 0) is 64.2 Å². The van der Waals surface area contributed by atoms with Gasteiger partial charge >= 0.3 is 0 Å². The first-order chi connectivity index (χ1) is 11.5. The van der Waals surface area contributed by atoms with Crippen molar-refractivity contribution in [1.82, 2.24) is 10.0 Å². The number of hydrogen-bond donors (Lipinski definition) is 2. The van der Waals surface area contributed by atoms with Gasteiger partial charge in [0.05, 0.1) is 4.90 Å². The molecule has 5 nitrogen and oxygen atoms in total. The summed E-state index contributed by atoms with van der Waals surface area (Å²) in [6.45, 7) is 9.35. The molecule has 0 radical (unpaired) electrons. The zero-order valence-corrected chi connectivity index (χ0v) is 16.7. The van der Waals surface area contributed by atoms with E-state index in [0.29, 0.717) is 11.5 Å². The van der Waals surface area contributed by atoms with Crippen LogP contribution in [0.3, 0.4) is 0 Å². The van der Waals surface area contributed by atoms with Crippen molar-refractivity contribution in [3.63, 3.8) is 0 Å². The molecule has 1 saturated carbocycles. The van der Waals surface area contributed by atoms with Crippen molar-refractivity contribution in [2.24, 2.45) is 5.92 Å². The van der Waals surface area contributed by atoms with Crippen LogP contribution in [0, 0.1) is 12.8 Å². The highest BCUT2D eigenvalue weighted by molar-refractivity contribution is 7.89. The van der Waals surface area contributed by atoms with Crippen LogP contribution in [0.25, 0.3) is 0 Å². The van der Waals surface area contributed by atoms with Crippen LogP contribution < -0.4 is 10.0 Å². The first-order valence-electron chi connectivity index (χ1n) is 8.95. The summed E-state index contributed by atoms with van der Waals surface area (Å²) in [5, 5.41) is 3.10. The molecule has 2 unspecified atom stereocenters. The van der Waals surface area contributed by atoms with Gasteiger partial charge in [0, 0.05) is 17.1 Å². The Morgan fingerprint density at radius 1 is 1.16 bits per heavy atom. The minimum absolute atomic E-state index is 0.120. The monoisotopic (exact) mass is 366 g/mol. The molecule has 0 aliphatic heterocycles. The van der Waals surface area contributed by atoms with Gasteiger partial charge in [0.25, 0.3) is 5.91 Å². The summed E-state index contributed by atoms with van der Waals surface area (Å²) in [5.41, 5.74) is 0.620. The fourth-order valence-corrected chi connectivity index (χ4v) is 4.70. The van der Waals surface area contributed by atoms with E-state index in [-0.39, 0.29) is 16.8 Å². The SMILES string of the molecule is Cc1ccc(S(=O)(=O)NC(C)(C)C)cc1C(=O)NC1CCCCC1C. The van der Waals surface area contributed by atoms with Crippen LogP contribution in [0.5, 0.6) is 0 Å². The number of amides is 1. The Kier molecular flexibility index (Phi) is 5.94. The van der Waals surface area contributed by atoms with Crippen molar-refractivity contribution in [2.75, 3.05) is 0 Å². The van der Waals surface area contributed by atoms with E-state index in [1.165, 1.54) is 12.5 Å². The Morgan fingerprint density at radius 2 is 1.80 bits per heavy atom. The smallest absolute Gasteiger partial charge is 0.251 e. The van der Waals surface area contributed by atoms with E-state index in [1.54, 1.807) is 32.9 Å². The highest BCUT2D eigenvalue weighted by Crippen LogP contribution is 2.25. The number of benzene rings is 1. The summed E-state index contributed by atoms with van der Waals surface area (Å²) in [4.78, 5) is 12.8. The van der Waals surface area contributed by atoms with Crippen LogP contribution >= 0.6 is 0 Å². The summed E-state index contributed by atoms with van der Waals surface area (Å²) in [6.07, 6.45) is 4.43. The van der Waals surface area contributed by atoms with Gasteiger partial charge in [-0.25, -0.2) is 13.1 Å². The van der Waals surface area contributed by atoms with Crippen molar-refractivity contribution in [1.29, 1.82) is 0 Å². The maximum Gasteiger partial charge on any atom is 0.251 e. The first kappa shape index (κ1) is 19.9. The van der Waals surface area contributed by atoms with Gasteiger partial charge in [0.1, 0.15) is 0 Å². The van der Waals surface area contributed by atoms with Crippen molar-refractivity contribution in [3.05, 3.63) is 29.3 Å². The standard InChI is InChI=1S/C19H30N2O3S/c1-13-10-11-15(25(23,24)21-19(3,4)5)12-16(13)18(22)20-17-9-7-6-8-14(17)2/h10-12,14,17,21H,6-9H2,1-5H3,(H,20,22). The molecule has 0 heterocycles. The molecule has 0 saturated heterocycles. The second kappa shape index (κ2) is 7.46. The van der Waals surface area contributed by atoms with E-state index in [2.05, 4.69) is 17.0 Å². The van der Waals surface area contributed by atoms with Crippen molar-refractivity contribution in [3.8, 4) is 0 Å². The molecule has 2 atom stereocenters. The van der Waals surface area contributed by atoms with Gasteiger partial charge in [0.2, 0.25) is 10.0 Å². The molecule has 1 aromatic carbocycles. The second-order valence-corrected chi connectivity index (χ2v) is 9.86. The van der Waals surface area contributed by atoms with Crippen molar-refractivity contribution < 1.29 is 13.2 Å². The maximum absolute atomic E-state index is 12.7. The molecule has 1 amide bonds. The maximum atomic E-state index is 12.7. The molecule has 25 heavy (non-hydrogen) atoms. The number of carbonyl (C=O) groups excluding carboxylic acids is 1. The molecule has 140 valence electrons. The largest absolute Gasteiger partial charge is 0.349 e. The molecule has 1 aliphatic rings. The summed E-state index contributed by atoms with van der Waals surface area (Å²) in [5.74, 6) is 0.261. The molecule has 1 aliphatic carbocycles. The predicted octanol–water partition coefficient (Wildman–Crippen LogP) is 3.38. The normalized spacial score (nSPS) is 21.8. The molecule has 6 heteroatoms. The Balaban J connectivity index is 2.25. The summed E-state index contributed by atoms with van der Waals surface area (Å²) < 4.78 is 27.7. The second-order valence-electron chi connectivity index (χ2n) is 8.17. The predicted molar refractivity (Wildman–Crippen MR) is 100 cm³/mol. The van der Waals surface area contributed by atoms with Crippen LogP contribution in [0.2, 0.25) is 0 Å². The zero-order chi connectivity index (χ0) is 18.8. The van der Waals surface area contributed by atoms with Crippen LogP contribution in [-0.4, -0.2) is 25.9 Å². The van der Waals surface area contributed by atoms with Crippen LogP contribution in [0.15, 0.2) is 23.1 Å². The molecule has 1 aromatic rings. The Bertz CT molecular complexity index is 736. The van der Waals surface area contributed by atoms with E-state index >= 15 is 0 Å². The Hall–Kier alpha value is -1.40. The number of nitrogens with one attached hydrogen (secondary N) is 2. The lowest BCUT2D eigenvalue weighted by molar-refractivity contribution is 0.0909. The van der Waals surface area contributed by atoms with Gasteiger partial charge in [-0.15, -0.1) is 0 Å². The number of rotatable bonds is 4. The third-order valence-corrected chi connectivity index (χ3v) is 6.39. The topological polar surface area (TPSA) is 75.3 Å². The van der Waals surface area contributed by atoms with Gasteiger partial charge in [-0.3, -0.25) is 4.79 Å². The minimum Gasteiger partial charge on any atom is -0.349 e. The minimum atomic E-state index is -3.66. The van der Waals surface area contributed by atoms with Crippen LogP contribution in [-0.2, 0) is 10.0 Å². The fraction of sp³-hybridized carbons (Fsp3) is 0.632. The van der Waals surface area contributed by atoms with Gasteiger partial charge in [-0.2, -0.15) is 0 Å². The van der Waals surface area contributed by atoms with Crippen LogP contribution in [0.4, 0.5) is 0 Å². The van der Waals surface area contributed by atoms with Crippen molar-refractivity contribution >= 4 is 15.9 Å². The van der Waals surface area contributed by atoms with E-state index < -0.39 is 15.6 Å². The fourth-order valence-electron chi connectivity index (χ4n) is 3.25. The number of sulfonamides is 1. The summed E-state index contributed by atoms with van der Waals surface area (Å²) in [7, 11) is -3.66. The number of hydrogen-bond acceptors (Lipinski definition) is 3. The molecule has 0 spiro atoms. The molecule has 2 rings (SSSR count). The lowest BCUT2D eigenvalue weighted by atomic mass is 9.86. The average Bonchev–Trinajstić information content (AvgIpc) is 2.47. The lowest BCUT2D eigenvalue weighted by Crippen LogP contribution is -2.42. The molecule has 1 fully saturated rings. The van der Waals surface area contributed by atoms with E-state index in [4.69, 9.17) is 0 Å². The Labute approximate surface area is 151 Å². The highest BCUT2D eigenvalue weighted by atomic mass is 32.2. The first-order valence-corrected chi connectivity index (χ1v) is 10.4.